The zero-order valence-corrected chi connectivity index (χ0v) is 13.8. The van der Waals surface area contributed by atoms with E-state index < -0.39 is 6.10 Å². The maximum Gasteiger partial charge on any atom is 0.185 e. The van der Waals surface area contributed by atoms with Gasteiger partial charge in [-0.1, -0.05) is 54.6 Å². The summed E-state index contributed by atoms with van der Waals surface area (Å²) in [6, 6.07) is 23.0. The van der Waals surface area contributed by atoms with Gasteiger partial charge in [-0.15, -0.1) is 0 Å². The third-order valence-electron chi connectivity index (χ3n) is 3.84. The Hall–Kier alpha value is -3.38. The fraction of sp³-hybridized carbons (Fsp3) is 0.0909. The SMILES string of the molecule is CC(C#N)Oc1ccc(/C=C/C(=O)c2ccc3ccccc3c2)cc1. The largest absolute Gasteiger partial charge is 0.476 e. The number of rotatable bonds is 5. The second kappa shape index (κ2) is 7.46. The van der Waals surface area contributed by atoms with Gasteiger partial charge >= 0.3 is 0 Å². The molecule has 0 saturated carbocycles. The van der Waals surface area contributed by atoms with Gasteiger partial charge in [0.15, 0.2) is 11.9 Å². The highest BCUT2D eigenvalue weighted by Gasteiger charge is 2.04. The average Bonchev–Trinajstić information content (AvgIpc) is 2.66. The van der Waals surface area contributed by atoms with Gasteiger partial charge < -0.3 is 4.74 Å². The monoisotopic (exact) mass is 327 g/mol. The van der Waals surface area contributed by atoms with Gasteiger partial charge in [0.05, 0.1) is 0 Å². The molecule has 3 aromatic carbocycles. The van der Waals surface area contributed by atoms with E-state index in [2.05, 4.69) is 0 Å². The van der Waals surface area contributed by atoms with Crippen molar-refractivity contribution in [1.29, 1.82) is 5.26 Å². The first-order chi connectivity index (χ1) is 12.2. The van der Waals surface area contributed by atoms with Gasteiger partial charge in [-0.2, -0.15) is 5.26 Å². The summed E-state index contributed by atoms with van der Waals surface area (Å²) in [4.78, 5) is 12.4. The molecule has 0 fully saturated rings. The highest BCUT2D eigenvalue weighted by molar-refractivity contribution is 6.08. The predicted molar refractivity (Wildman–Crippen MR) is 99.5 cm³/mol. The Morgan fingerprint density at radius 1 is 1.04 bits per heavy atom. The Morgan fingerprint density at radius 2 is 1.76 bits per heavy atom. The second-order valence-electron chi connectivity index (χ2n) is 5.72. The fourth-order valence-corrected chi connectivity index (χ4v) is 2.50. The number of allylic oxidation sites excluding steroid dienone is 1. The lowest BCUT2D eigenvalue weighted by Gasteiger charge is -2.07. The standard InChI is InChI=1S/C22H17NO2/c1-16(15-23)25-21-11-6-17(7-12-21)8-13-22(24)20-10-9-18-4-2-3-5-19(18)14-20/h2-14,16H,1H3/b13-8+. The lowest BCUT2D eigenvalue weighted by atomic mass is 10.0. The van der Waals surface area contributed by atoms with E-state index in [0.29, 0.717) is 11.3 Å². The van der Waals surface area contributed by atoms with Crippen LogP contribution in [0.2, 0.25) is 0 Å². The first kappa shape index (κ1) is 16.5. The molecular weight excluding hydrogens is 310 g/mol. The Labute approximate surface area is 146 Å². The molecule has 0 spiro atoms. The van der Waals surface area contributed by atoms with E-state index in [1.807, 2.05) is 60.7 Å². The zero-order valence-electron chi connectivity index (χ0n) is 13.8. The first-order valence-corrected chi connectivity index (χ1v) is 8.03. The lowest BCUT2D eigenvalue weighted by Crippen LogP contribution is -2.07. The second-order valence-corrected chi connectivity index (χ2v) is 5.72. The van der Waals surface area contributed by atoms with E-state index in [9.17, 15) is 4.79 Å². The highest BCUT2D eigenvalue weighted by Crippen LogP contribution is 2.18. The van der Waals surface area contributed by atoms with Crippen LogP contribution >= 0.6 is 0 Å². The van der Waals surface area contributed by atoms with Crippen molar-refractivity contribution in [1.82, 2.24) is 0 Å². The van der Waals surface area contributed by atoms with Crippen molar-refractivity contribution in [3.05, 3.63) is 83.9 Å². The number of ether oxygens (including phenoxy) is 1. The molecule has 0 N–H and O–H groups in total. The number of benzene rings is 3. The Morgan fingerprint density at radius 3 is 2.48 bits per heavy atom. The van der Waals surface area contributed by atoms with E-state index in [1.165, 1.54) is 0 Å². The Balaban J connectivity index is 1.72. The van der Waals surface area contributed by atoms with Crippen molar-refractivity contribution >= 4 is 22.6 Å². The fourth-order valence-electron chi connectivity index (χ4n) is 2.50. The number of nitrogens with zero attached hydrogens (tertiary/aromatic N) is 1. The van der Waals surface area contributed by atoms with Crippen LogP contribution in [-0.2, 0) is 0 Å². The third-order valence-corrected chi connectivity index (χ3v) is 3.84. The molecule has 1 atom stereocenters. The number of hydrogen-bond donors (Lipinski definition) is 0. The number of fused-ring (bicyclic) bond motifs is 1. The van der Waals surface area contributed by atoms with E-state index in [4.69, 9.17) is 10.00 Å². The summed E-state index contributed by atoms with van der Waals surface area (Å²) in [6.07, 6.45) is 2.85. The van der Waals surface area contributed by atoms with Crippen molar-refractivity contribution in [3.63, 3.8) is 0 Å². The molecule has 0 saturated heterocycles. The van der Waals surface area contributed by atoms with Gasteiger partial charge in [-0.25, -0.2) is 0 Å². The Bertz CT molecular complexity index is 965. The minimum atomic E-state index is -0.490. The summed E-state index contributed by atoms with van der Waals surface area (Å²) in [5, 5.41) is 10.9. The molecule has 0 bridgehead atoms. The number of carbonyl (C=O) groups is 1. The van der Waals surface area contributed by atoms with Crippen LogP contribution in [-0.4, -0.2) is 11.9 Å². The molecule has 25 heavy (non-hydrogen) atoms. The van der Waals surface area contributed by atoms with Crippen LogP contribution in [0.25, 0.3) is 16.8 Å². The van der Waals surface area contributed by atoms with Crippen LogP contribution in [0, 0.1) is 11.3 Å². The molecule has 3 rings (SSSR count). The Kier molecular flexibility index (Phi) is 4.92. The maximum atomic E-state index is 12.4. The van der Waals surface area contributed by atoms with Gasteiger partial charge in [0.1, 0.15) is 11.8 Å². The summed E-state index contributed by atoms with van der Waals surface area (Å²) < 4.78 is 5.40. The molecule has 0 heterocycles. The van der Waals surface area contributed by atoms with Crippen LogP contribution in [0.15, 0.2) is 72.8 Å². The molecule has 122 valence electrons. The highest BCUT2D eigenvalue weighted by atomic mass is 16.5. The van der Waals surface area contributed by atoms with E-state index >= 15 is 0 Å². The molecule has 0 aliphatic heterocycles. The quantitative estimate of drug-likeness (QED) is 0.488. The van der Waals surface area contributed by atoms with Gasteiger partial charge in [-0.05, 0) is 47.5 Å². The topological polar surface area (TPSA) is 50.1 Å². The van der Waals surface area contributed by atoms with Crippen molar-refractivity contribution in [3.8, 4) is 11.8 Å². The average molecular weight is 327 g/mol. The van der Waals surface area contributed by atoms with Crippen LogP contribution < -0.4 is 4.74 Å². The zero-order chi connectivity index (χ0) is 17.6. The molecule has 3 nitrogen and oxygen atoms in total. The summed E-state index contributed by atoms with van der Waals surface area (Å²) in [6.45, 7) is 1.69. The minimum Gasteiger partial charge on any atom is -0.476 e. The van der Waals surface area contributed by atoms with Crippen LogP contribution in [0.4, 0.5) is 0 Å². The predicted octanol–water partition coefficient (Wildman–Crippen LogP) is 5.03. The summed E-state index contributed by atoms with van der Waals surface area (Å²) >= 11 is 0. The van der Waals surface area contributed by atoms with E-state index in [-0.39, 0.29) is 5.78 Å². The van der Waals surface area contributed by atoms with Gasteiger partial charge in [0, 0.05) is 5.56 Å². The number of nitriles is 1. The van der Waals surface area contributed by atoms with Gasteiger partial charge in [0.25, 0.3) is 0 Å². The maximum absolute atomic E-state index is 12.4. The lowest BCUT2D eigenvalue weighted by molar-refractivity contribution is 0.104. The molecule has 1 unspecified atom stereocenters. The number of ketones is 1. The molecular formula is C22H17NO2. The number of hydrogen-bond acceptors (Lipinski definition) is 3. The first-order valence-electron chi connectivity index (χ1n) is 8.03. The normalized spacial score (nSPS) is 12.0. The van der Waals surface area contributed by atoms with Crippen molar-refractivity contribution in [2.24, 2.45) is 0 Å². The molecule has 0 radical (unpaired) electrons. The van der Waals surface area contributed by atoms with Crippen molar-refractivity contribution in [2.45, 2.75) is 13.0 Å². The van der Waals surface area contributed by atoms with E-state index in [1.54, 1.807) is 31.2 Å². The van der Waals surface area contributed by atoms with Crippen LogP contribution in [0.1, 0.15) is 22.8 Å². The molecule has 0 aromatic heterocycles. The minimum absolute atomic E-state index is 0.0378. The molecule has 3 aromatic rings. The number of carbonyl (C=O) groups excluding carboxylic acids is 1. The summed E-state index contributed by atoms with van der Waals surface area (Å²) in [5.74, 6) is 0.594. The molecule has 0 aliphatic carbocycles. The molecule has 0 amide bonds. The molecule has 0 aliphatic rings. The third kappa shape index (κ3) is 4.13. The summed E-state index contributed by atoms with van der Waals surface area (Å²) in [7, 11) is 0. The van der Waals surface area contributed by atoms with Gasteiger partial charge in [-0.3, -0.25) is 4.79 Å². The van der Waals surface area contributed by atoms with Crippen LogP contribution in [0.5, 0.6) is 5.75 Å². The van der Waals surface area contributed by atoms with Gasteiger partial charge in [0.2, 0.25) is 0 Å². The van der Waals surface area contributed by atoms with E-state index in [0.717, 1.165) is 16.3 Å². The molecule has 3 heteroatoms. The van der Waals surface area contributed by atoms with Crippen LogP contribution in [0.3, 0.4) is 0 Å². The van der Waals surface area contributed by atoms with Crippen molar-refractivity contribution < 1.29 is 9.53 Å². The summed E-state index contributed by atoms with van der Waals surface area (Å²) in [5.41, 5.74) is 1.56. The van der Waals surface area contributed by atoms with Crippen molar-refractivity contribution in [2.75, 3.05) is 0 Å². The smallest absolute Gasteiger partial charge is 0.185 e.